The first-order valence-corrected chi connectivity index (χ1v) is 8.50. The summed E-state index contributed by atoms with van der Waals surface area (Å²) in [5, 5.41) is 8.62. The Morgan fingerprint density at radius 2 is 1.83 bits per heavy atom. The maximum absolute atomic E-state index is 11.8. The minimum atomic E-state index is -0.163. The number of rotatable bonds is 6. The van der Waals surface area contributed by atoms with Gasteiger partial charge in [0.1, 0.15) is 0 Å². The van der Waals surface area contributed by atoms with Crippen LogP contribution in [0.1, 0.15) is 49.7 Å². The maximum atomic E-state index is 11.8. The molecular weight excluding hydrogens is 290 g/mol. The molecule has 1 aliphatic rings. The lowest BCUT2D eigenvalue weighted by atomic mass is 9.96. The highest BCUT2D eigenvalue weighted by Crippen LogP contribution is 2.17. The first kappa shape index (κ1) is 17.3. The molecule has 1 saturated carbocycles. The van der Waals surface area contributed by atoms with Crippen LogP contribution in [0.15, 0.2) is 24.3 Å². The molecule has 0 unspecified atom stereocenters. The number of aryl methyl sites for hydroxylation is 1. The number of carbonyl (C=O) groups excluding carboxylic acids is 2. The molecule has 1 fully saturated rings. The topological polar surface area (TPSA) is 70.2 Å². The van der Waals surface area contributed by atoms with Crippen LogP contribution in [0.2, 0.25) is 0 Å². The largest absolute Gasteiger partial charge is 0.352 e. The van der Waals surface area contributed by atoms with Crippen molar-refractivity contribution in [1.82, 2.24) is 16.0 Å². The average molecular weight is 317 g/mol. The molecule has 0 atom stereocenters. The summed E-state index contributed by atoms with van der Waals surface area (Å²) < 4.78 is 0. The van der Waals surface area contributed by atoms with Crippen molar-refractivity contribution in [3.63, 3.8) is 0 Å². The number of hydrogen-bond donors (Lipinski definition) is 3. The van der Waals surface area contributed by atoms with Crippen LogP contribution in [-0.2, 0) is 11.3 Å². The Morgan fingerprint density at radius 1 is 1.09 bits per heavy atom. The fourth-order valence-corrected chi connectivity index (χ4v) is 2.86. The number of benzene rings is 1. The van der Waals surface area contributed by atoms with Gasteiger partial charge in [0.25, 0.3) is 0 Å². The third kappa shape index (κ3) is 6.30. The van der Waals surface area contributed by atoms with Crippen LogP contribution in [-0.4, -0.2) is 24.5 Å². The van der Waals surface area contributed by atoms with E-state index in [1.165, 1.54) is 19.3 Å². The number of urea groups is 1. The number of carbonyl (C=O) groups is 2. The van der Waals surface area contributed by atoms with E-state index in [0.29, 0.717) is 25.6 Å². The fraction of sp³-hybridized carbons (Fsp3) is 0.556. The Bertz CT molecular complexity index is 525. The lowest BCUT2D eigenvalue weighted by Crippen LogP contribution is -2.43. The van der Waals surface area contributed by atoms with Gasteiger partial charge < -0.3 is 16.0 Å². The monoisotopic (exact) mass is 317 g/mol. The molecule has 5 nitrogen and oxygen atoms in total. The van der Waals surface area contributed by atoms with E-state index in [1.54, 1.807) is 0 Å². The van der Waals surface area contributed by atoms with Gasteiger partial charge >= 0.3 is 6.03 Å². The molecule has 1 aromatic rings. The Morgan fingerprint density at radius 3 is 2.57 bits per heavy atom. The van der Waals surface area contributed by atoms with Gasteiger partial charge in [0.05, 0.1) is 0 Å². The van der Waals surface area contributed by atoms with E-state index in [9.17, 15) is 9.59 Å². The molecule has 5 heteroatoms. The second-order valence-corrected chi connectivity index (χ2v) is 6.19. The van der Waals surface area contributed by atoms with Crippen LogP contribution in [0.4, 0.5) is 4.79 Å². The van der Waals surface area contributed by atoms with E-state index in [4.69, 9.17) is 0 Å². The molecule has 0 spiro atoms. The molecule has 2 rings (SSSR count). The molecule has 3 amide bonds. The molecule has 0 aromatic heterocycles. The van der Waals surface area contributed by atoms with Crippen LogP contribution in [0.25, 0.3) is 0 Å². The maximum Gasteiger partial charge on any atom is 0.315 e. The Balaban J connectivity index is 1.59. The molecule has 0 bridgehead atoms. The first-order valence-electron chi connectivity index (χ1n) is 8.50. The number of nitrogens with one attached hydrogen (secondary N) is 3. The molecule has 23 heavy (non-hydrogen) atoms. The van der Waals surface area contributed by atoms with Crippen molar-refractivity contribution in [2.24, 2.45) is 0 Å². The van der Waals surface area contributed by atoms with Crippen molar-refractivity contribution < 1.29 is 9.59 Å². The Labute approximate surface area is 138 Å². The van der Waals surface area contributed by atoms with E-state index >= 15 is 0 Å². The number of hydrogen-bond acceptors (Lipinski definition) is 2. The molecule has 1 aromatic carbocycles. The van der Waals surface area contributed by atoms with Crippen LogP contribution in [0.5, 0.6) is 0 Å². The summed E-state index contributed by atoms with van der Waals surface area (Å²) in [6.07, 6.45) is 6.05. The van der Waals surface area contributed by atoms with Gasteiger partial charge in [-0.25, -0.2) is 4.79 Å². The quantitative estimate of drug-likeness (QED) is 0.755. The number of amides is 3. The second kappa shape index (κ2) is 9.18. The molecule has 0 radical (unpaired) electrons. The van der Waals surface area contributed by atoms with Gasteiger partial charge in [0, 0.05) is 25.6 Å². The molecule has 0 heterocycles. The van der Waals surface area contributed by atoms with Crippen molar-refractivity contribution >= 4 is 11.9 Å². The predicted molar refractivity (Wildman–Crippen MR) is 91.1 cm³/mol. The van der Waals surface area contributed by atoms with Crippen molar-refractivity contribution in [1.29, 1.82) is 0 Å². The minimum absolute atomic E-state index is 0.0498. The predicted octanol–water partition coefficient (Wildman–Crippen LogP) is 2.63. The molecule has 1 aliphatic carbocycles. The lowest BCUT2D eigenvalue weighted by Gasteiger charge is -2.22. The minimum Gasteiger partial charge on any atom is -0.352 e. The lowest BCUT2D eigenvalue weighted by molar-refractivity contribution is -0.121. The summed E-state index contributed by atoms with van der Waals surface area (Å²) in [7, 11) is 0. The highest BCUT2D eigenvalue weighted by molar-refractivity contribution is 5.78. The van der Waals surface area contributed by atoms with Crippen LogP contribution >= 0.6 is 0 Å². The molecular formula is C18H27N3O2. The van der Waals surface area contributed by atoms with Gasteiger partial charge in [0.2, 0.25) is 5.91 Å². The zero-order valence-corrected chi connectivity index (χ0v) is 13.9. The van der Waals surface area contributed by atoms with Gasteiger partial charge in [-0.2, -0.15) is 0 Å². The molecule has 3 N–H and O–H groups in total. The van der Waals surface area contributed by atoms with E-state index in [-0.39, 0.29) is 11.9 Å². The molecule has 0 saturated heterocycles. The van der Waals surface area contributed by atoms with Gasteiger partial charge in [-0.1, -0.05) is 43.5 Å². The highest BCUT2D eigenvalue weighted by atomic mass is 16.2. The van der Waals surface area contributed by atoms with E-state index in [2.05, 4.69) is 16.0 Å². The smallest absolute Gasteiger partial charge is 0.315 e. The molecule has 0 aliphatic heterocycles. The summed E-state index contributed by atoms with van der Waals surface area (Å²) in [5.74, 6) is -0.0498. The van der Waals surface area contributed by atoms with E-state index in [1.807, 2.05) is 31.2 Å². The van der Waals surface area contributed by atoms with Crippen molar-refractivity contribution in [2.45, 2.75) is 58.0 Å². The third-order valence-corrected chi connectivity index (χ3v) is 4.32. The summed E-state index contributed by atoms with van der Waals surface area (Å²) in [4.78, 5) is 23.6. The standard InChI is InChI=1S/C18H27N3O2/c1-14-7-5-6-8-15(14)13-20-17(22)11-12-19-18(23)21-16-9-3-2-4-10-16/h5-8,16H,2-4,9-13H2,1H3,(H,20,22)(H2,19,21,23). The van der Waals surface area contributed by atoms with Crippen molar-refractivity contribution in [3.05, 3.63) is 35.4 Å². The third-order valence-electron chi connectivity index (χ3n) is 4.32. The van der Waals surface area contributed by atoms with Gasteiger partial charge in [-0.3, -0.25) is 4.79 Å². The van der Waals surface area contributed by atoms with E-state index < -0.39 is 0 Å². The van der Waals surface area contributed by atoms with E-state index in [0.717, 1.165) is 24.0 Å². The average Bonchev–Trinajstić information content (AvgIpc) is 2.55. The Hall–Kier alpha value is -2.04. The summed E-state index contributed by atoms with van der Waals surface area (Å²) in [6.45, 7) is 2.91. The van der Waals surface area contributed by atoms with Gasteiger partial charge in [0.15, 0.2) is 0 Å². The summed E-state index contributed by atoms with van der Waals surface area (Å²) in [6, 6.07) is 8.10. The van der Waals surface area contributed by atoms with Crippen LogP contribution in [0.3, 0.4) is 0 Å². The van der Waals surface area contributed by atoms with Crippen molar-refractivity contribution in [3.8, 4) is 0 Å². The van der Waals surface area contributed by atoms with Gasteiger partial charge in [-0.15, -0.1) is 0 Å². The highest BCUT2D eigenvalue weighted by Gasteiger charge is 2.15. The zero-order valence-electron chi connectivity index (χ0n) is 13.9. The van der Waals surface area contributed by atoms with Gasteiger partial charge in [-0.05, 0) is 30.9 Å². The first-order chi connectivity index (χ1) is 11.1. The SMILES string of the molecule is Cc1ccccc1CNC(=O)CCNC(=O)NC1CCCCC1. The summed E-state index contributed by atoms with van der Waals surface area (Å²) in [5.41, 5.74) is 2.28. The second-order valence-electron chi connectivity index (χ2n) is 6.19. The zero-order chi connectivity index (χ0) is 16.5. The normalized spacial score (nSPS) is 15.0. The summed E-state index contributed by atoms with van der Waals surface area (Å²) >= 11 is 0. The van der Waals surface area contributed by atoms with Crippen molar-refractivity contribution in [2.75, 3.05) is 6.54 Å². The van der Waals surface area contributed by atoms with Crippen LogP contribution < -0.4 is 16.0 Å². The van der Waals surface area contributed by atoms with Crippen LogP contribution in [0, 0.1) is 6.92 Å². The Kier molecular flexibility index (Phi) is 6.91. The molecule has 126 valence electrons. The fourth-order valence-electron chi connectivity index (χ4n) is 2.86.